The zero-order valence-electron chi connectivity index (χ0n) is 18.7. The van der Waals surface area contributed by atoms with E-state index in [1.54, 1.807) is 31.2 Å². The van der Waals surface area contributed by atoms with Crippen molar-refractivity contribution in [3.8, 4) is 17.6 Å². The highest BCUT2D eigenvalue weighted by Gasteiger charge is 2.22. The van der Waals surface area contributed by atoms with Crippen molar-refractivity contribution in [2.24, 2.45) is 0 Å². The van der Waals surface area contributed by atoms with Gasteiger partial charge in [0.15, 0.2) is 11.5 Å². The first-order valence-corrected chi connectivity index (χ1v) is 12.5. The van der Waals surface area contributed by atoms with E-state index >= 15 is 0 Å². The Kier molecular flexibility index (Phi) is 8.42. The number of nitriles is 1. The van der Waals surface area contributed by atoms with Gasteiger partial charge in [0.2, 0.25) is 0 Å². The van der Waals surface area contributed by atoms with Crippen LogP contribution in [0.4, 0.5) is 11.4 Å². The Hall–Kier alpha value is -4.21. The summed E-state index contributed by atoms with van der Waals surface area (Å²) in [7, 11) is -4.42. The minimum absolute atomic E-state index is 0.0332. The van der Waals surface area contributed by atoms with Gasteiger partial charge in [-0.25, -0.2) is 0 Å². The Balaban J connectivity index is 1.88. The number of nitro benzene ring substituents is 1. The molecule has 1 N–H and O–H groups in total. The topological polar surface area (TPSA) is 149 Å². The number of nitrogens with one attached hydrogen (secondary N) is 1. The number of amides is 1. The Bertz CT molecular complexity index is 1480. The van der Waals surface area contributed by atoms with Crippen LogP contribution in [0.5, 0.6) is 11.5 Å². The number of benzene rings is 3. The van der Waals surface area contributed by atoms with Crippen molar-refractivity contribution in [1.29, 1.82) is 5.26 Å². The second-order valence-electron chi connectivity index (χ2n) is 7.06. The SMILES string of the molecule is CCOc1cc(/C=C(/C#N)C(=O)Nc2ccc(Br)cc2)ccc1OS(=O)(=O)c1cccc([N+](=O)[O-])c1. The maximum absolute atomic E-state index is 12.7. The van der Waals surface area contributed by atoms with Crippen LogP contribution in [-0.2, 0) is 14.9 Å². The van der Waals surface area contributed by atoms with Gasteiger partial charge in [0.1, 0.15) is 16.5 Å². The second kappa shape index (κ2) is 11.5. The van der Waals surface area contributed by atoms with E-state index < -0.39 is 31.5 Å². The zero-order valence-corrected chi connectivity index (χ0v) is 21.1. The van der Waals surface area contributed by atoms with Gasteiger partial charge in [-0.15, -0.1) is 0 Å². The molecule has 12 heteroatoms. The first-order chi connectivity index (χ1) is 17.1. The fourth-order valence-corrected chi connectivity index (χ4v) is 4.16. The number of non-ortho nitro benzene ring substituents is 1. The van der Waals surface area contributed by atoms with Crippen LogP contribution in [0.3, 0.4) is 0 Å². The summed E-state index contributed by atoms with van der Waals surface area (Å²) in [6.45, 7) is 1.84. The Morgan fingerprint density at radius 3 is 2.50 bits per heavy atom. The van der Waals surface area contributed by atoms with Crippen LogP contribution in [0.2, 0.25) is 0 Å². The molecule has 0 aromatic heterocycles. The summed E-state index contributed by atoms with van der Waals surface area (Å²) >= 11 is 3.30. The quantitative estimate of drug-likeness (QED) is 0.123. The average molecular weight is 572 g/mol. The summed E-state index contributed by atoms with van der Waals surface area (Å²) in [6, 6.07) is 17.2. The van der Waals surface area contributed by atoms with E-state index in [9.17, 15) is 28.6 Å². The number of rotatable bonds is 9. The summed E-state index contributed by atoms with van der Waals surface area (Å²) < 4.78 is 36.9. The van der Waals surface area contributed by atoms with Gasteiger partial charge in [-0.05, 0) is 61.0 Å². The maximum Gasteiger partial charge on any atom is 0.339 e. The van der Waals surface area contributed by atoms with Crippen LogP contribution in [0.15, 0.2) is 81.7 Å². The Morgan fingerprint density at radius 1 is 1.14 bits per heavy atom. The molecule has 36 heavy (non-hydrogen) atoms. The van der Waals surface area contributed by atoms with Crippen molar-refractivity contribution in [1.82, 2.24) is 0 Å². The Morgan fingerprint density at radius 2 is 1.86 bits per heavy atom. The van der Waals surface area contributed by atoms with E-state index in [1.807, 2.05) is 6.07 Å². The minimum atomic E-state index is -4.42. The molecular formula is C24H18BrN3O7S. The average Bonchev–Trinajstić information content (AvgIpc) is 2.85. The predicted octanol–water partition coefficient (Wildman–Crippen LogP) is 5.07. The first kappa shape index (κ1) is 26.4. The number of nitrogens with zero attached hydrogens (tertiary/aromatic N) is 2. The van der Waals surface area contributed by atoms with Crippen LogP contribution in [0.25, 0.3) is 6.08 Å². The highest BCUT2D eigenvalue weighted by atomic mass is 79.9. The second-order valence-corrected chi connectivity index (χ2v) is 9.52. The summed E-state index contributed by atoms with van der Waals surface area (Å²) in [4.78, 5) is 22.4. The van der Waals surface area contributed by atoms with Gasteiger partial charge < -0.3 is 14.2 Å². The molecule has 0 radical (unpaired) electrons. The number of carbonyl (C=O) groups excluding carboxylic acids is 1. The van der Waals surface area contributed by atoms with Gasteiger partial charge in [-0.1, -0.05) is 28.1 Å². The molecule has 0 aliphatic carbocycles. The van der Waals surface area contributed by atoms with E-state index in [0.29, 0.717) is 11.3 Å². The number of halogens is 1. The van der Waals surface area contributed by atoms with E-state index in [-0.39, 0.29) is 23.7 Å². The van der Waals surface area contributed by atoms with Crippen molar-refractivity contribution in [2.45, 2.75) is 11.8 Å². The fraction of sp³-hybridized carbons (Fsp3) is 0.0833. The van der Waals surface area contributed by atoms with Crippen LogP contribution in [0.1, 0.15) is 12.5 Å². The van der Waals surface area contributed by atoms with Crippen LogP contribution >= 0.6 is 15.9 Å². The van der Waals surface area contributed by atoms with Crippen molar-refractivity contribution < 1.29 is 27.1 Å². The molecule has 0 bridgehead atoms. The molecule has 0 saturated heterocycles. The van der Waals surface area contributed by atoms with Crippen LogP contribution in [-0.4, -0.2) is 25.9 Å². The third kappa shape index (κ3) is 6.68. The molecule has 10 nitrogen and oxygen atoms in total. The van der Waals surface area contributed by atoms with E-state index in [0.717, 1.165) is 16.6 Å². The van der Waals surface area contributed by atoms with Crippen LogP contribution < -0.4 is 14.2 Å². The normalized spacial score (nSPS) is 11.3. The van der Waals surface area contributed by atoms with Gasteiger partial charge in [0, 0.05) is 22.3 Å². The molecule has 0 spiro atoms. The minimum Gasteiger partial charge on any atom is -0.490 e. The van der Waals surface area contributed by atoms with Gasteiger partial charge in [0.05, 0.1) is 11.5 Å². The summed E-state index contributed by atoms with van der Waals surface area (Å²) in [5.41, 5.74) is 0.268. The van der Waals surface area contributed by atoms with Gasteiger partial charge in [0.25, 0.3) is 11.6 Å². The van der Waals surface area contributed by atoms with E-state index in [2.05, 4.69) is 21.2 Å². The fourth-order valence-electron chi connectivity index (χ4n) is 2.92. The molecule has 1 amide bonds. The highest BCUT2D eigenvalue weighted by molar-refractivity contribution is 9.10. The summed E-state index contributed by atoms with van der Waals surface area (Å²) in [5, 5.41) is 23.1. The molecule has 3 aromatic carbocycles. The highest BCUT2D eigenvalue weighted by Crippen LogP contribution is 2.32. The number of hydrogen-bond acceptors (Lipinski definition) is 8. The monoisotopic (exact) mass is 571 g/mol. The standard InChI is InChI=1S/C24H18BrN3O7S/c1-2-34-23-13-16(12-17(15-26)24(29)27-19-9-7-18(25)8-10-19)6-11-22(23)35-36(32,33)21-5-3-4-20(14-21)28(30)31/h3-14H,2H2,1H3,(H,27,29)/b17-12-. The number of carbonyl (C=O) groups is 1. The van der Waals surface area contributed by atoms with Gasteiger partial charge in [-0.3, -0.25) is 14.9 Å². The van der Waals surface area contributed by atoms with E-state index in [1.165, 1.54) is 36.4 Å². The molecule has 3 rings (SSSR count). The Labute approximate surface area is 215 Å². The maximum atomic E-state index is 12.7. The molecule has 0 atom stereocenters. The number of ether oxygens (including phenoxy) is 1. The van der Waals surface area contributed by atoms with E-state index in [4.69, 9.17) is 8.92 Å². The predicted molar refractivity (Wildman–Crippen MR) is 135 cm³/mol. The molecule has 0 aliphatic rings. The molecule has 0 unspecified atom stereocenters. The number of anilines is 1. The lowest BCUT2D eigenvalue weighted by molar-refractivity contribution is -0.385. The first-order valence-electron chi connectivity index (χ1n) is 10.3. The molecular weight excluding hydrogens is 554 g/mol. The third-order valence-electron chi connectivity index (χ3n) is 4.56. The molecule has 0 heterocycles. The largest absolute Gasteiger partial charge is 0.490 e. The smallest absolute Gasteiger partial charge is 0.339 e. The molecule has 0 saturated carbocycles. The number of hydrogen-bond donors (Lipinski definition) is 1. The van der Waals surface area contributed by atoms with Crippen molar-refractivity contribution in [3.05, 3.63) is 92.5 Å². The third-order valence-corrected chi connectivity index (χ3v) is 6.32. The summed E-state index contributed by atoms with van der Waals surface area (Å²) in [6.07, 6.45) is 1.32. The lowest BCUT2D eigenvalue weighted by Crippen LogP contribution is -2.13. The van der Waals surface area contributed by atoms with Gasteiger partial charge >= 0.3 is 10.1 Å². The molecule has 0 fully saturated rings. The lowest BCUT2D eigenvalue weighted by Gasteiger charge is -2.13. The van der Waals surface area contributed by atoms with Crippen molar-refractivity contribution in [3.63, 3.8) is 0 Å². The van der Waals surface area contributed by atoms with Crippen molar-refractivity contribution in [2.75, 3.05) is 11.9 Å². The lowest BCUT2D eigenvalue weighted by atomic mass is 10.1. The van der Waals surface area contributed by atoms with Crippen LogP contribution in [0, 0.1) is 21.4 Å². The van der Waals surface area contributed by atoms with Gasteiger partial charge in [-0.2, -0.15) is 13.7 Å². The summed E-state index contributed by atoms with van der Waals surface area (Å²) in [5.74, 6) is -0.768. The molecule has 184 valence electrons. The van der Waals surface area contributed by atoms with Crippen molar-refractivity contribution >= 4 is 49.4 Å². The molecule has 3 aromatic rings. The number of nitro groups is 1. The molecule has 0 aliphatic heterocycles. The zero-order chi connectivity index (χ0) is 26.3.